The largest absolute Gasteiger partial charge is 0.457 e. The van der Waals surface area contributed by atoms with Gasteiger partial charge in [0.15, 0.2) is 0 Å². The lowest BCUT2D eigenvalue weighted by atomic mass is 10.1. The summed E-state index contributed by atoms with van der Waals surface area (Å²) in [5, 5.41) is 0.579. The predicted octanol–water partition coefficient (Wildman–Crippen LogP) is 4.33. The van der Waals surface area contributed by atoms with Crippen LogP contribution < -0.4 is 10.3 Å². The minimum absolute atomic E-state index is 0.135. The number of nitrogens with one attached hydrogen (secondary N) is 2. The molecule has 0 spiro atoms. The van der Waals surface area contributed by atoms with Crippen LogP contribution in [0.4, 0.5) is 0 Å². The predicted molar refractivity (Wildman–Crippen MR) is 98.1 cm³/mol. The zero-order chi connectivity index (χ0) is 17.4. The Morgan fingerprint density at radius 2 is 1.64 bits per heavy atom. The third-order valence-electron chi connectivity index (χ3n) is 4.09. The third-order valence-corrected chi connectivity index (χ3v) is 4.09. The molecule has 2 N–H and O–H groups in total. The smallest absolute Gasteiger partial charge is 0.260 e. The first-order chi connectivity index (χ1) is 12.1. The standard InChI is InChI=1S/C20H17N3O2/c1-12-17-19(22-13(2)23-20(17)24)18(21-12)15-10-6-7-11-16(15)25-14-8-4-3-5-9-14/h3-11,21H,1-2H3,(H,22,23,24). The Labute approximate surface area is 144 Å². The van der Waals surface area contributed by atoms with Crippen molar-refractivity contribution in [3.63, 3.8) is 0 Å². The van der Waals surface area contributed by atoms with Gasteiger partial charge in [-0.05, 0) is 38.1 Å². The summed E-state index contributed by atoms with van der Waals surface area (Å²) < 4.78 is 6.05. The van der Waals surface area contributed by atoms with Crippen LogP contribution in [0.3, 0.4) is 0 Å². The highest BCUT2D eigenvalue weighted by atomic mass is 16.5. The molecule has 0 fully saturated rings. The Balaban J connectivity index is 1.92. The molecular formula is C20H17N3O2. The van der Waals surface area contributed by atoms with Crippen molar-refractivity contribution in [1.82, 2.24) is 15.0 Å². The van der Waals surface area contributed by atoms with E-state index in [1.807, 2.05) is 61.5 Å². The molecular weight excluding hydrogens is 314 g/mol. The van der Waals surface area contributed by atoms with Crippen LogP contribution in [0.5, 0.6) is 11.5 Å². The lowest BCUT2D eigenvalue weighted by Crippen LogP contribution is -2.09. The molecule has 5 heteroatoms. The van der Waals surface area contributed by atoms with Crippen molar-refractivity contribution < 1.29 is 4.74 Å². The van der Waals surface area contributed by atoms with E-state index in [9.17, 15) is 4.79 Å². The zero-order valence-corrected chi connectivity index (χ0v) is 14.0. The topological polar surface area (TPSA) is 70.8 Å². The maximum absolute atomic E-state index is 12.3. The molecule has 0 atom stereocenters. The van der Waals surface area contributed by atoms with Gasteiger partial charge in [-0.25, -0.2) is 4.98 Å². The Kier molecular flexibility index (Phi) is 3.61. The van der Waals surface area contributed by atoms with Crippen LogP contribution >= 0.6 is 0 Å². The summed E-state index contributed by atoms with van der Waals surface area (Å²) in [6, 6.07) is 17.3. The zero-order valence-electron chi connectivity index (χ0n) is 14.0. The second-order valence-electron chi connectivity index (χ2n) is 5.91. The molecule has 0 bridgehead atoms. The fourth-order valence-corrected chi connectivity index (χ4v) is 3.00. The summed E-state index contributed by atoms with van der Waals surface area (Å²) in [5.41, 5.74) is 2.95. The Morgan fingerprint density at radius 3 is 2.44 bits per heavy atom. The van der Waals surface area contributed by atoms with Gasteiger partial charge in [0.05, 0.1) is 11.1 Å². The number of H-pyrrole nitrogens is 2. The number of fused-ring (bicyclic) bond motifs is 1. The minimum Gasteiger partial charge on any atom is -0.457 e. The molecule has 4 aromatic rings. The molecule has 2 aromatic heterocycles. The van der Waals surface area contributed by atoms with E-state index >= 15 is 0 Å². The van der Waals surface area contributed by atoms with Gasteiger partial charge >= 0.3 is 0 Å². The lowest BCUT2D eigenvalue weighted by Gasteiger charge is -2.10. The van der Waals surface area contributed by atoms with Crippen LogP contribution in [0.25, 0.3) is 22.2 Å². The van der Waals surface area contributed by atoms with E-state index < -0.39 is 0 Å². The van der Waals surface area contributed by atoms with E-state index in [0.29, 0.717) is 22.5 Å². The highest BCUT2D eigenvalue weighted by Crippen LogP contribution is 2.36. The van der Waals surface area contributed by atoms with Gasteiger partial charge in [0.2, 0.25) is 0 Å². The minimum atomic E-state index is -0.135. The van der Waals surface area contributed by atoms with E-state index in [2.05, 4.69) is 15.0 Å². The molecule has 0 aliphatic carbocycles. The normalized spacial score (nSPS) is 11.0. The number of aryl methyl sites for hydroxylation is 2. The quantitative estimate of drug-likeness (QED) is 0.587. The van der Waals surface area contributed by atoms with Crippen molar-refractivity contribution in [1.29, 1.82) is 0 Å². The molecule has 2 heterocycles. The first-order valence-electron chi connectivity index (χ1n) is 8.05. The van der Waals surface area contributed by atoms with Crippen LogP contribution in [0.2, 0.25) is 0 Å². The van der Waals surface area contributed by atoms with E-state index in [0.717, 1.165) is 22.7 Å². The Morgan fingerprint density at radius 1 is 0.920 bits per heavy atom. The fraction of sp³-hybridized carbons (Fsp3) is 0.100. The highest BCUT2D eigenvalue weighted by Gasteiger charge is 2.17. The third kappa shape index (κ3) is 2.70. The summed E-state index contributed by atoms with van der Waals surface area (Å²) >= 11 is 0. The van der Waals surface area contributed by atoms with Crippen molar-refractivity contribution >= 4 is 10.9 Å². The Bertz CT molecular complexity index is 1110. The summed E-state index contributed by atoms with van der Waals surface area (Å²) in [4.78, 5) is 22.9. The molecule has 0 aliphatic rings. The van der Waals surface area contributed by atoms with Gasteiger partial charge < -0.3 is 14.7 Å². The highest BCUT2D eigenvalue weighted by molar-refractivity contribution is 5.95. The molecule has 0 unspecified atom stereocenters. The van der Waals surface area contributed by atoms with Crippen molar-refractivity contribution in [3.8, 4) is 22.8 Å². The number of nitrogens with zero attached hydrogens (tertiary/aromatic N) is 1. The molecule has 25 heavy (non-hydrogen) atoms. The van der Waals surface area contributed by atoms with Gasteiger partial charge in [-0.3, -0.25) is 4.79 Å². The molecule has 0 radical (unpaired) electrons. The first-order valence-corrected chi connectivity index (χ1v) is 8.05. The van der Waals surface area contributed by atoms with Crippen LogP contribution in [0, 0.1) is 13.8 Å². The van der Waals surface area contributed by atoms with Gasteiger partial charge in [-0.2, -0.15) is 0 Å². The van der Waals surface area contributed by atoms with Crippen LogP contribution in [0.1, 0.15) is 11.5 Å². The average Bonchev–Trinajstić information content (AvgIpc) is 2.93. The van der Waals surface area contributed by atoms with E-state index in [-0.39, 0.29) is 5.56 Å². The van der Waals surface area contributed by atoms with Gasteiger partial charge in [0, 0.05) is 11.3 Å². The van der Waals surface area contributed by atoms with Gasteiger partial charge in [-0.1, -0.05) is 30.3 Å². The number of benzene rings is 2. The number of para-hydroxylation sites is 2. The van der Waals surface area contributed by atoms with Crippen molar-refractivity contribution in [2.45, 2.75) is 13.8 Å². The molecule has 0 saturated heterocycles. The number of ether oxygens (including phenoxy) is 1. The van der Waals surface area contributed by atoms with Crippen LogP contribution in [0.15, 0.2) is 59.4 Å². The summed E-state index contributed by atoms with van der Waals surface area (Å²) in [6.45, 7) is 3.65. The van der Waals surface area contributed by atoms with Crippen molar-refractivity contribution in [2.75, 3.05) is 0 Å². The van der Waals surface area contributed by atoms with Gasteiger partial charge in [0.25, 0.3) is 5.56 Å². The number of hydrogen-bond acceptors (Lipinski definition) is 3. The molecule has 5 nitrogen and oxygen atoms in total. The first kappa shape index (κ1) is 15.2. The average molecular weight is 331 g/mol. The van der Waals surface area contributed by atoms with Crippen molar-refractivity contribution in [3.05, 3.63) is 76.5 Å². The number of aromatic amines is 2. The number of hydrogen-bond donors (Lipinski definition) is 2. The van der Waals surface area contributed by atoms with Gasteiger partial charge in [-0.15, -0.1) is 0 Å². The Hall–Kier alpha value is -3.34. The van der Waals surface area contributed by atoms with Crippen LogP contribution in [-0.2, 0) is 0 Å². The molecule has 124 valence electrons. The lowest BCUT2D eigenvalue weighted by molar-refractivity contribution is 0.484. The van der Waals surface area contributed by atoms with Crippen LogP contribution in [-0.4, -0.2) is 15.0 Å². The monoisotopic (exact) mass is 331 g/mol. The van der Waals surface area contributed by atoms with Crippen molar-refractivity contribution in [2.24, 2.45) is 0 Å². The van der Waals surface area contributed by atoms with E-state index in [1.54, 1.807) is 6.92 Å². The molecule has 2 aromatic carbocycles. The summed E-state index contributed by atoms with van der Waals surface area (Å²) in [7, 11) is 0. The second-order valence-corrected chi connectivity index (χ2v) is 5.91. The maximum Gasteiger partial charge on any atom is 0.260 e. The maximum atomic E-state index is 12.3. The van der Waals surface area contributed by atoms with E-state index in [4.69, 9.17) is 4.74 Å². The second kappa shape index (κ2) is 5.94. The summed E-state index contributed by atoms with van der Waals surface area (Å²) in [5.74, 6) is 2.04. The van der Waals surface area contributed by atoms with Gasteiger partial charge in [0.1, 0.15) is 22.8 Å². The molecule has 0 amide bonds. The fourth-order valence-electron chi connectivity index (χ4n) is 3.00. The summed E-state index contributed by atoms with van der Waals surface area (Å²) in [6.07, 6.45) is 0. The SMILES string of the molecule is Cc1nc2c(-c3ccccc3Oc3ccccc3)[nH]c(C)c2c(=O)[nH]1. The number of aromatic nitrogens is 3. The van der Waals surface area contributed by atoms with E-state index in [1.165, 1.54) is 0 Å². The number of rotatable bonds is 3. The molecule has 0 saturated carbocycles. The molecule has 4 rings (SSSR count). The molecule has 0 aliphatic heterocycles.